The van der Waals surface area contributed by atoms with Crippen molar-refractivity contribution in [1.29, 1.82) is 0 Å². The number of benzene rings is 3. The monoisotopic (exact) mass is 369 g/mol. The van der Waals surface area contributed by atoms with Crippen molar-refractivity contribution in [3.8, 4) is 0 Å². The van der Waals surface area contributed by atoms with Gasteiger partial charge in [0.1, 0.15) is 6.29 Å². The SMILES string of the molecule is O=CCC(c1ccccc1)n1cnc2cc(C(=O)Nc3ccccc3)ccc21. The molecule has 3 aromatic carbocycles. The van der Waals surface area contributed by atoms with Crippen molar-refractivity contribution in [1.82, 2.24) is 9.55 Å². The van der Waals surface area contributed by atoms with E-state index in [9.17, 15) is 9.59 Å². The van der Waals surface area contributed by atoms with Crippen LogP contribution in [-0.4, -0.2) is 21.7 Å². The van der Waals surface area contributed by atoms with Gasteiger partial charge in [-0.3, -0.25) is 4.79 Å². The number of aromatic nitrogens is 2. The summed E-state index contributed by atoms with van der Waals surface area (Å²) >= 11 is 0. The Labute approximate surface area is 162 Å². The molecule has 1 amide bonds. The fourth-order valence-corrected chi connectivity index (χ4v) is 3.32. The first-order valence-corrected chi connectivity index (χ1v) is 9.08. The van der Waals surface area contributed by atoms with Crippen molar-refractivity contribution in [3.05, 3.63) is 96.3 Å². The predicted molar refractivity (Wildman–Crippen MR) is 109 cm³/mol. The molecule has 0 aliphatic carbocycles. The van der Waals surface area contributed by atoms with Gasteiger partial charge in [0.15, 0.2) is 0 Å². The highest BCUT2D eigenvalue weighted by atomic mass is 16.1. The van der Waals surface area contributed by atoms with Crippen LogP contribution in [0.4, 0.5) is 5.69 Å². The van der Waals surface area contributed by atoms with Gasteiger partial charge in [-0.15, -0.1) is 0 Å². The second kappa shape index (κ2) is 7.88. The van der Waals surface area contributed by atoms with Crippen molar-refractivity contribution in [2.75, 3.05) is 5.32 Å². The molecular weight excluding hydrogens is 350 g/mol. The first-order chi connectivity index (χ1) is 13.8. The first-order valence-electron chi connectivity index (χ1n) is 9.08. The normalized spacial score (nSPS) is 11.9. The van der Waals surface area contributed by atoms with E-state index in [0.717, 1.165) is 23.1 Å². The zero-order valence-corrected chi connectivity index (χ0v) is 15.2. The van der Waals surface area contributed by atoms with Crippen LogP contribution in [0.25, 0.3) is 11.0 Å². The van der Waals surface area contributed by atoms with Gasteiger partial charge in [0.05, 0.1) is 23.4 Å². The van der Waals surface area contributed by atoms with E-state index in [1.54, 1.807) is 18.5 Å². The number of hydrogen-bond acceptors (Lipinski definition) is 3. The lowest BCUT2D eigenvalue weighted by Gasteiger charge is -2.17. The molecule has 0 bridgehead atoms. The summed E-state index contributed by atoms with van der Waals surface area (Å²) in [5.74, 6) is -0.185. The fraction of sp³-hybridized carbons (Fsp3) is 0.0870. The lowest BCUT2D eigenvalue weighted by molar-refractivity contribution is -0.108. The molecule has 5 heteroatoms. The first kappa shape index (κ1) is 17.7. The highest BCUT2D eigenvalue weighted by Crippen LogP contribution is 2.26. The molecule has 1 aromatic heterocycles. The van der Waals surface area contributed by atoms with Crippen molar-refractivity contribution in [2.45, 2.75) is 12.5 Å². The van der Waals surface area contributed by atoms with Gasteiger partial charge in [0, 0.05) is 17.7 Å². The van der Waals surface area contributed by atoms with Crippen molar-refractivity contribution >= 4 is 28.9 Å². The predicted octanol–water partition coefficient (Wildman–Crippen LogP) is 4.47. The van der Waals surface area contributed by atoms with Crippen molar-refractivity contribution in [3.63, 3.8) is 0 Å². The molecule has 0 radical (unpaired) electrons. The van der Waals surface area contributed by atoms with E-state index in [1.807, 2.05) is 71.3 Å². The van der Waals surface area contributed by atoms with Crippen LogP contribution in [0.3, 0.4) is 0 Å². The van der Waals surface area contributed by atoms with Crippen LogP contribution >= 0.6 is 0 Å². The van der Waals surface area contributed by atoms with E-state index in [4.69, 9.17) is 0 Å². The van der Waals surface area contributed by atoms with Crippen LogP contribution in [0.2, 0.25) is 0 Å². The second-order valence-electron chi connectivity index (χ2n) is 6.50. The van der Waals surface area contributed by atoms with Gasteiger partial charge in [-0.25, -0.2) is 4.98 Å². The number of rotatable bonds is 6. The molecule has 5 nitrogen and oxygen atoms in total. The second-order valence-corrected chi connectivity index (χ2v) is 6.50. The summed E-state index contributed by atoms with van der Waals surface area (Å²) in [7, 11) is 0. The number of imidazole rings is 1. The van der Waals surface area contributed by atoms with Gasteiger partial charge < -0.3 is 14.7 Å². The van der Waals surface area contributed by atoms with Crippen molar-refractivity contribution < 1.29 is 9.59 Å². The summed E-state index contributed by atoms with van der Waals surface area (Å²) in [4.78, 5) is 28.2. The molecule has 0 aliphatic rings. The Balaban J connectivity index is 1.66. The fourth-order valence-electron chi connectivity index (χ4n) is 3.32. The van der Waals surface area contributed by atoms with E-state index >= 15 is 0 Å². The molecule has 1 heterocycles. The quantitative estimate of drug-likeness (QED) is 0.510. The molecule has 1 N–H and O–H groups in total. The minimum absolute atomic E-state index is 0.132. The van der Waals surface area contributed by atoms with Gasteiger partial charge >= 0.3 is 0 Å². The Kier molecular flexibility index (Phi) is 4.97. The topological polar surface area (TPSA) is 64.0 Å². The van der Waals surface area contributed by atoms with Crippen molar-refractivity contribution in [2.24, 2.45) is 0 Å². The number of hydrogen-bond donors (Lipinski definition) is 1. The molecule has 1 atom stereocenters. The lowest BCUT2D eigenvalue weighted by atomic mass is 10.0. The Morgan fingerprint density at radius 1 is 1.00 bits per heavy atom. The maximum absolute atomic E-state index is 12.5. The number of fused-ring (bicyclic) bond motifs is 1. The summed E-state index contributed by atoms with van der Waals surface area (Å²) in [6, 6.07) is 24.5. The van der Waals surface area contributed by atoms with E-state index in [1.165, 1.54) is 0 Å². The number of amides is 1. The molecule has 0 saturated heterocycles. The molecule has 4 rings (SSSR count). The molecule has 0 saturated carbocycles. The largest absolute Gasteiger partial charge is 0.323 e. The molecule has 28 heavy (non-hydrogen) atoms. The maximum Gasteiger partial charge on any atom is 0.255 e. The zero-order valence-electron chi connectivity index (χ0n) is 15.2. The Morgan fingerprint density at radius 3 is 2.43 bits per heavy atom. The van der Waals surface area contributed by atoms with E-state index in [-0.39, 0.29) is 11.9 Å². The molecule has 138 valence electrons. The van der Waals surface area contributed by atoms with Gasteiger partial charge in [0.2, 0.25) is 0 Å². The molecule has 0 spiro atoms. The molecule has 1 unspecified atom stereocenters. The summed E-state index contributed by atoms with van der Waals surface area (Å²) < 4.78 is 1.98. The van der Waals surface area contributed by atoms with Crippen LogP contribution in [0.1, 0.15) is 28.4 Å². The van der Waals surface area contributed by atoms with Gasteiger partial charge in [-0.05, 0) is 35.9 Å². The Hall–Kier alpha value is -3.73. The van der Waals surface area contributed by atoms with E-state index < -0.39 is 0 Å². The third kappa shape index (κ3) is 3.55. The van der Waals surface area contributed by atoms with Crippen LogP contribution < -0.4 is 5.32 Å². The molecule has 4 aromatic rings. The standard InChI is InChI=1S/C23H19N3O2/c27-14-13-21(17-7-3-1-4-8-17)26-16-24-20-15-18(11-12-22(20)26)23(28)25-19-9-5-2-6-10-19/h1-12,14-16,21H,13H2,(H,25,28). The lowest BCUT2D eigenvalue weighted by Crippen LogP contribution is -2.12. The summed E-state index contributed by atoms with van der Waals surface area (Å²) in [6.07, 6.45) is 3.00. The minimum atomic E-state index is -0.185. The summed E-state index contributed by atoms with van der Waals surface area (Å²) in [5, 5.41) is 2.88. The number of nitrogens with one attached hydrogen (secondary N) is 1. The third-order valence-electron chi connectivity index (χ3n) is 4.71. The highest BCUT2D eigenvalue weighted by Gasteiger charge is 2.17. The minimum Gasteiger partial charge on any atom is -0.323 e. The van der Waals surface area contributed by atoms with Crippen LogP contribution in [0, 0.1) is 0 Å². The number of carbonyl (C=O) groups excluding carboxylic acids is 2. The van der Waals surface area contributed by atoms with Gasteiger partial charge in [-0.1, -0.05) is 48.5 Å². The maximum atomic E-state index is 12.5. The number of para-hydroxylation sites is 1. The van der Waals surface area contributed by atoms with Crippen LogP contribution in [-0.2, 0) is 4.79 Å². The smallest absolute Gasteiger partial charge is 0.255 e. The van der Waals surface area contributed by atoms with Crippen LogP contribution in [0.15, 0.2) is 85.2 Å². The molecule has 0 aliphatic heterocycles. The summed E-state index contributed by atoms with van der Waals surface area (Å²) in [5.41, 5.74) is 3.92. The average Bonchev–Trinajstić information content (AvgIpc) is 3.16. The van der Waals surface area contributed by atoms with Gasteiger partial charge in [0.25, 0.3) is 5.91 Å². The number of anilines is 1. The number of nitrogens with zero attached hydrogens (tertiary/aromatic N) is 2. The molecule has 0 fully saturated rings. The third-order valence-corrected chi connectivity index (χ3v) is 4.71. The highest BCUT2D eigenvalue weighted by molar-refractivity contribution is 6.05. The zero-order chi connectivity index (χ0) is 19.3. The number of aldehydes is 1. The number of carbonyl (C=O) groups is 2. The van der Waals surface area contributed by atoms with Gasteiger partial charge in [-0.2, -0.15) is 0 Å². The summed E-state index contributed by atoms with van der Waals surface area (Å²) in [6.45, 7) is 0. The average molecular weight is 369 g/mol. The Morgan fingerprint density at radius 2 is 1.71 bits per heavy atom. The molecular formula is C23H19N3O2. The van der Waals surface area contributed by atoms with Crippen LogP contribution in [0.5, 0.6) is 0 Å². The Bertz CT molecular complexity index is 1100. The van der Waals surface area contributed by atoms with E-state index in [2.05, 4.69) is 10.3 Å². The van der Waals surface area contributed by atoms with E-state index in [0.29, 0.717) is 17.5 Å².